The van der Waals surface area contributed by atoms with Gasteiger partial charge in [-0.1, -0.05) is 40.7 Å². The molecule has 0 unspecified atom stereocenters. The van der Waals surface area contributed by atoms with Crippen molar-refractivity contribution in [2.24, 2.45) is 44.3 Å². The van der Waals surface area contributed by atoms with E-state index < -0.39 is 23.7 Å². The Morgan fingerprint density at radius 1 is 0.943 bits per heavy atom. The Bertz CT molecular complexity index is 937. The van der Waals surface area contributed by atoms with Crippen LogP contribution in [0.25, 0.3) is 0 Å². The Kier molecular flexibility index (Phi) is 5.63. The highest BCUT2D eigenvalue weighted by molar-refractivity contribution is 5.87. The number of aliphatic hydroxyl groups is 5. The summed E-state index contributed by atoms with van der Waals surface area (Å²) in [6.07, 6.45) is 5.23. The normalized spacial score (nSPS) is 52.5. The smallest absolute Gasteiger partial charge is 0.139 e. The highest BCUT2D eigenvalue weighted by atomic mass is 16.3. The molecule has 9 atom stereocenters. The molecule has 198 valence electrons. The van der Waals surface area contributed by atoms with Gasteiger partial charge in [0.2, 0.25) is 0 Å². The molecule has 35 heavy (non-hydrogen) atoms. The van der Waals surface area contributed by atoms with Crippen LogP contribution in [-0.4, -0.2) is 62.8 Å². The average Bonchev–Trinajstić information content (AvgIpc) is 3.03. The van der Waals surface area contributed by atoms with Gasteiger partial charge in [-0.25, -0.2) is 0 Å². The number of carbonyl (C=O) groups excluding carboxylic acids is 1. The van der Waals surface area contributed by atoms with E-state index in [0.717, 1.165) is 44.1 Å². The molecule has 1 spiro atoms. The molecule has 0 heterocycles. The molecule has 0 aromatic heterocycles. The number of Topliss-reactive ketones (excluding diaryl/α,β-unsaturated/α-hetero) is 1. The first-order valence-electron chi connectivity index (χ1n) is 13.7. The van der Waals surface area contributed by atoms with Crippen molar-refractivity contribution in [3.05, 3.63) is 11.6 Å². The van der Waals surface area contributed by atoms with E-state index in [2.05, 4.69) is 26.8 Å². The summed E-state index contributed by atoms with van der Waals surface area (Å²) >= 11 is 0. The van der Waals surface area contributed by atoms with Gasteiger partial charge < -0.3 is 25.5 Å². The summed E-state index contributed by atoms with van der Waals surface area (Å²) in [4.78, 5) is 12.8. The number of rotatable bonds is 2. The van der Waals surface area contributed by atoms with Gasteiger partial charge >= 0.3 is 0 Å². The summed E-state index contributed by atoms with van der Waals surface area (Å²) in [6, 6.07) is 0. The van der Waals surface area contributed by atoms with Crippen molar-refractivity contribution >= 4 is 5.78 Å². The molecule has 0 radical (unpaired) electrons. The maximum atomic E-state index is 12.8. The van der Waals surface area contributed by atoms with Crippen LogP contribution < -0.4 is 0 Å². The molecular formula is C29H46O6. The fourth-order valence-corrected chi connectivity index (χ4v) is 10.5. The van der Waals surface area contributed by atoms with Crippen LogP contribution in [-0.2, 0) is 4.79 Å². The quantitative estimate of drug-likeness (QED) is 0.380. The summed E-state index contributed by atoms with van der Waals surface area (Å²) in [5.41, 5.74) is -1.52. The Morgan fingerprint density at radius 3 is 2.17 bits per heavy atom. The lowest BCUT2D eigenvalue weighted by Crippen LogP contribution is -2.69. The van der Waals surface area contributed by atoms with E-state index in [0.29, 0.717) is 12.8 Å². The molecule has 4 fully saturated rings. The first-order valence-corrected chi connectivity index (χ1v) is 13.7. The minimum atomic E-state index is -1.15. The van der Waals surface area contributed by atoms with Gasteiger partial charge in [0.1, 0.15) is 5.78 Å². The van der Waals surface area contributed by atoms with Crippen LogP contribution in [0.5, 0.6) is 0 Å². The average molecular weight is 491 g/mol. The zero-order valence-corrected chi connectivity index (χ0v) is 22.2. The third-order valence-electron chi connectivity index (χ3n) is 12.7. The van der Waals surface area contributed by atoms with Gasteiger partial charge in [-0.15, -0.1) is 0 Å². The molecule has 0 amide bonds. The van der Waals surface area contributed by atoms with Crippen LogP contribution in [0.3, 0.4) is 0 Å². The van der Waals surface area contributed by atoms with Gasteiger partial charge in [0.05, 0.1) is 31.5 Å². The number of fused-ring (bicyclic) bond motifs is 5. The number of allylic oxidation sites excluding steroid dienone is 1. The maximum Gasteiger partial charge on any atom is 0.139 e. The van der Waals surface area contributed by atoms with E-state index in [4.69, 9.17) is 0 Å². The van der Waals surface area contributed by atoms with E-state index >= 15 is 0 Å². The van der Waals surface area contributed by atoms with Crippen LogP contribution in [0, 0.1) is 44.3 Å². The number of hydrogen-bond acceptors (Lipinski definition) is 6. The summed E-state index contributed by atoms with van der Waals surface area (Å²) in [7, 11) is 0. The fourth-order valence-electron chi connectivity index (χ4n) is 10.5. The lowest BCUT2D eigenvalue weighted by molar-refractivity contribution is -0.256. The second kappa shape index (κ2) is 7.63. The number of hydrogen-bond donors (Lipinski definition) is 5. The molecule has 6 nitrogen and oxygen atoms in total. The minimum Gasteiger partial charge on any atom is -0.396 e. The van der Waals surface area contributed by atoms with Gasteiger partial charge in [-0.3, -0.25) is 4.79 Å². The zero-order chi connectivity index (χ0) is 25.8. The van der Waals surface area contributed by atoms with Gasteiger partial charge in [0, 0.05) is 22.7 Å². The summed E-state index contributed by atoms with van der Waals surface area (Å²) in [5.74, 6) is 0.339. The zero-order valence-electron chi connectivity index (χ0n) is 22.2. The molecule has 0 aromatic carbocycles. The van der Waals surface area contributed by atoms with Gasteiger partial charge in [-0.2, -0.15) is 0 Å². The molecule has 0 aliphatic heterocycles. The van der Waals surface area contributed by atoms with Crippen molar-refractivity contribution in [3.63, 3.8) is 0 Å². The largest absolute Gasteiger partial charge is 0.396 e. The molecule has 0 bridgehead atoms. The van der Waals surface area contributed by atoms with Crippen molar-refractivity contribution in [2.45, 2.75) is 104 Å². The van der Waals surface area contributed by atoms with Crippen LogP contribution in [0.2, 0.25) is 0 Å². The number of aliphatic hydroxyl groups excluding tert-OH is 5. The molecule has 5 N–H and O–H groups in total. The Labute approximate surface area is 209 Å². The van der Waals surface area contributed by atoms with E-state index in [1.807, 2.05) is 13.8 Å². The molecule has 4 saturated carbocycles. The van der Waals surface area contributed by atoms with Gasteiger partial charge in [0.15, 0.2) is 0 Å². The van der Waals surface area contributed by atoms with E-state index in [1.165, 1.54) is 0 Å². The minimum absolute atomic E-state index is 0.104. The summed E-state index contributed by atoms with van der Waals surface area (Å²) in [6.45, 7) is 10.1. The molecule has 0 saturated heterocycles. The summed E-state index contributed by atoms with van der Waals surface area (Å²) in [5, 5.41) is 54.5. The summed E-state index contributed by atoms with van der Waals surface area (Å²) < 4.78 is 0. The third-order valence-corrected chi connectivity index (χ3v) is 12.7. The third kappa shape index (κ3) is 2.98. The SMILES string of the molecule is CC1(C)C[C@@]2(CC[C@]3(C)C(=CC[C@@H]4[C@@]5(C)C[C@@H](O)[C@@H](O)C(CO)(CO)[C@@H]5CC[C@]43C)[C@H]2O)CC1=O. The van der Waals surface area contributed by atoms with Crippen molar-refractivity contribution in [1.82, 2.24) is 0 Å². The first kappa shape index (κ1) is 25.8. The molecule has 6 heteroatoms. The number of ketones is 1. The first-order chi connectivity index (χ1) is 16.2. The second-order valence-corrected chi connectivity index (χ2v) is 14.5. The van der Waals surface area contributed by atoms with Crippen molar-refractivity contribution in [1.29, 1.82) is 0 Å². The van der Waals surface area contributed by atoms with E-state index in [9.17, 15) is 30.3 Å². The maximum absolute atomic E-state index is 12.8. The topological polar surface area (TPSA) is 118 Å². The predicted molar refractivity (Wildman–Crippen MR) is 132 cm³/mol. The van der Waals surface area contributed by atoms with Gasteiger partial charge in [0.25, 0.3) is 0 Å². The van der Waals surface area contributed by atoms with Crippen LogP contribution in [0.15, 0.2) is 11.6 Å². The lowest BCUT2D eigenvalue weighted by atomic mass is 9.34. The van der Waals surface area contributed by atoms with Crippen molar-refractivity contribution in [2.75, 3.05) is 13.2 Å². The molecular weight excluding hydrogens is 444 g/mol. The van der Waals surface area contributed by atoms with Crippen LogP contribution >= 0.6 is 0 Å². The highest BCUT2D eigenvalue weighted by Crippen LogP contribution is 2.74. The standard InChI is InChI=1S/C29H46O6/c1-24(2)14-28(13-21(24)33)11-10-26(4)17(22(28)34)6-7-19-25(3)12-18(32)23(35)29(15-30,16-31)20(25)8-9-27(19,26)5/h6,18-20,22-23,30-32,34-35H,7-16H2,1-5H3/t18-,19-,20-,22-,23-,25-,26-,27-,28-/m1/s1. The van der Waals surface area contributed by atoms with Crippen molar-refractivity contribution in [3.8, 4) is 0 Å². The highest BCUT2D eigenvalue weighted by Gasteiger charge is 2.70. The van der Waals surface area contributed by atoms with Gasteiger partial charge in [-0.05, 0) is 78.6 Å². The second-order valence-electron chi connectivity index (χ2n) is 14.5. The molecule has 5 aliphatic carbocycles. The molecule has 5 aliphatic rings. The predicted octanol–water partition coefficient (Wildman–Crippen LogP) is 2.99. The molecule has 0 aromatic rings. The Morgan fingerprint density at radius 2 is 1.60 bits per heavy atom. The lowest BCUT2D eigenvalue weighted by Gasteiger charge is -2.71. The monoisotopic (exact) mass is 490 g/mol. The van der Waals surface area contributed by atoms with E-state index in [1.54, 1.807) is 0 Å². The number of carbonyl (C=O) groups is 1. The Balaban J connectivity index is 1.56. The van der Waals surface area contributed by atoms with Crippen LogP contribution in [0.1, 0.15) is 86.0 Å². The van der Waals surface area contributed by atoms with E-state index in [-0.39, 0.29) is 57.9 Å². The van der Waals surface area contributed by atoms with Crippen molar-refractivity contribution < 1.29 is 30.3 Å². The van der Waals surface area contributed by atoms with Crippen LogP contribution in [0.4, 0.5) is 0 Å². The fraction of sp³-hybridized carbons (Fsp3) is 0.897. The Hall–Kier alpha value is -0.790. The molecule has 5 rings (SSSR count).